The molecule has 0 saturated carbocycles. The molecule has 1 aromatic carbocycles. The van der Waals surface area contributed by atoms with Gasteiger partial charge in [0.05, 0.1) is 11.3 Å². The number of aliphatic hydroxyl groups excluding tert-OH is 1. The van der Waals surface area contributed by atoms with Crippen molar-refractivity contribution in [2.24, 2.45) is 7.05 Å². The molecular formula is C24H26N4O3. The van der Waals surface area contributed by atoms with Gasteiger partial charge < -0.3 is 19.5 Å². The number of likely N-dealkylation sites (tertiary alicyclic amines) is 1. The normalized spacial score (nSPS) is 18.5. The number of rotatable bonds is 6. The highest BCUT2D eigenvalue weighted by Crippen LogP contribution is 2.40. The number of para-hydroxylation sites is 1. The van der Waals surface area contributed by atoms with Crippen molar-refractivity contribution in [2.75, 3.05) is 27.2 Å². The minimum Gasteiger partial charge on any atom is -0.507 e. The summed E-state index contributed by atoms with van der Waals surface area (Å²) in [6.45, 7) is 1.18. The van der Waals surface area contributed by atoms with Crippen molar-refractivity contribution in [3.63, 3.8) is 0 Å². The molecule has 0 unspecified atom stereocenters. The van der Waals surface area contributed by atoms with E-state index >= 15 is 0 Å². The Kier molecular flexibility index (Phi) is 5.61. The molecule has 1 aliphatic heterocycles. The number of benzene rings is 1. The van der Waals surface area contributed by atoms with E-state index in [1.165, 1.54) is 4.90 Å². The summed E-state index contributed by atoms with van der Waals surface area (Å²) in [5, 5.41) is 12.1. The highest BCUT2D eigenvalue weighted by Gasteiger charge is 2.46. The molecule has 2 aromatic heterocycles. The first-order chi connectivity index (χ1) is 14.9. The number of nitrogens with zero attached hydrogens (tertiary/aromatic N) is 4. The van der Waals surface area contributed by atoms with Crippen molar-refractivity contribution in [3.8, 4) is 0 Å². The van der Waals surface area contributed by atoms with Crippen LogP contribution in [0.25, 0.3) is 16.7 Å². The lowest BCUT2D eigenvalue weighted by molar-refractivity contribution is -0.140. The van der Waals surface area contributed by atoms with Crippen LogP contribution >= 0.6 is 0 Å². The van der Waals surface area contributed by atoms with Gasteiger partial charge in [-0.05, 0) is 45.3 Å². The molecule has 3 aromatic rings. The molecule has 1 atom stereocenters. The smallest absolute Gasteiger partial charge is 0.295 e. The molecule has 160 valence electrons. The first kappa shape index (κ1) is 20.8. The molecule has 1 amide bonds. The first-order valence-electron chi connectivity index (χ1n) is 10.3. The largest absolute Gasteiger partial charge is 0.507 e. The number of ketones is 1. The van der Waals surface area contributed by atoms with E-state index in [2.05, 4.69) is 4.98 Å². The van der Waals surface area contributed by atoms with Crippen LogP contribution in [0.2, 0.25) is 0 Å². The summed E-state index contributed by atoms with van der Waals surface area (Å²) in [5.74, 6) is -1.44. The van der Waals surface area contributed by atoms with Crippen LogP contribution in [0, 0.1) is 0 Å². The number of pyridine rings is 1. The maximum Gasteiger partial charge on any atom is 0.295 e. The summed E-state index contributed by atoms with van der Waals surface area (Å²) in [4.78, 5) is 34.0. The van der Waals surface area contributed by atoms with Crippen molar-refractivity contribution in [3.05, 3.63) is 71.7 Å². The van der Waals surface area contributed by atoms with E-state index in [-0.39, 0.29) is 11.3 Å². The Morgan fingerprint density at radius 3 is 2.58 bits per heavy atom. The standard InChI is InChI=1S/C24H26N4O3/c1-26(2)13-8-14-28-21(18-10-6-7-12-25-18)20(23(30)24(28)31)22(29)17-15-27(3)19-11-5-4-9-16(17)19/h4-7,9-12,15,21,29H,8,13-14H2,1-3H3/b22-20+/t21-/m1/s1. The lowest BCUT2D eigenvalue weighted by atomic mass is 9.98. The number of aryl methyl sites for hydroxylation is 1. The molecule has 1 aliphatic rings. The van der Waals surface area contributed by atoms with Crippen molar-refractivity contribution < 1.29 is 14.7 Å². The SMILES string of the molecule is CN(C)CCCN1C(=O)C(=O)/C(=C(/O)c2cn(C)c3ccccc23)[C@H]1c1ccccn1. The van der Waals surface area contributed by atoms with E-state index in [4.69, 9.17) is 0 Å². The number of Topliss-reactive ketones (excluding diaryl/α,β-unsaturated/α-hetero) is 1. The monoisotopic (exact) mass is 418 g/mol. The van der Waals surface area contributed by atoms with Gasteiger partial charge in [0.1, 0.15) is 11.8 Å². The molecule has 0 bridgehead atoms. The number of aromatic nitrogens is 2. The number of fused-ring (bicyclic) bond motifs is 1. The average Bonchev–Trinajstić information content (AvgIpc) is 3.23. The summed E-state index contributed by atoms with van der Waals surface area (Å²) in [6, 6.07) is 12.3. The fraction of sp³-hybridized carbons (Fsp3) is 0.292. The Morgan fingerprint density at radius 2 is 1.87 bits per heavy atom. The summed E-state index contributed by atoms with van der Waals surface area (Å²) >= 11 is 0. The van der Waals surface area contributed by atoms with E-state index in [9.17, 15) is 14.7 Å². The topological polar surface area (TPSA) is 78.7 Å². The lowest BCUT2D eigenvalue weighted by Gasteiger charge is -2.25. The molecule has 7 heteroatoms. The van der Waals surface area contributed by atoms with Gasteiger partial charge in [-0.15, -0.1) is 0 Å². The molecule has 3 heterocycles. The van der Waals surface area contributed by atoms with Gasteiger partial charge in [0, 0.05) is 42.5 Å². The summed E-state index contributed by atoms with van der Waals surface area (Å²) in [7, 11) is 5.81. The molecule has 0 aliphatic carbocycles. The van der Waals surface area contributed by atoms with Crippen LogP contribution in [0.3, 0.4) is 0 Å². The molecular weight excluding hydrogens is 392 g/mol. The zero-order valence-electron chi connectivity index (χ0n) is 17.9. The Balaban J connectivity index is 1.85. The maximum absolute atomic E-state index is 13.1. The average molecular weight is 418 g/mol. The van der Waals surface area contributed by atoms with E-state index in [1.54, 1.807) is 24.5 Å². The highest BCUT2D eigenvalue weighted by molar-refractivity contribution is 6.46. The Bertz CT molecular complexity index is 1160. The molecule has 7 nitrogen and oxygen atoms in total. The molecule has 1 saturated heterocycles. The van der Waals surface area contributed by atoms with Gasteiger partial charge in [0.15, 0.2) is 0 Å². The van der Waals surface area contributed by atoms with Crippen LogP contribution in [0.4, 0.5) is 0 Å². The second kappa shape index (κ2) is 8.35. The highest BCUT2D eigenvalue weighted by atomic mass is 16.3. The summed E-state index contributed by atoms with van der Waals surface area (Å²) in [6.07, 6.45) is 4.12. The van der Waals surface area contributed by atoms with Crippen molar-refractivity contribution >= 4 is 28.4 Å². The second-order valence-corrected chi connectivity index (χ2v) is 8.07. The minimum atomic E-state index is -0.720. The van der Waals surface area contributed by atoms with E-state index in [1.807, 2.05) is 60.9 Å². The van der Waals surface area contributed by atoms with Crippen LogP contribution in [0.1, 0.15) is 23.7 Å². The molecule has 1 N–H and O–H groups in total. The quantitative estimate of drug-likeness (QED) is 0.378. The van der Waals surface area contributed by atoms with Gasteiger partial charge >= 0.3 is 0 Å². The first-order valence-corrected chi connectivity index (χ1v) is 10.3. The molecule has 1 fully saturated rings. The Morgan fingerprint density at radius 1 is 1.13 bits per heavy atom. The van der Waals surface area contributed by atoms with Gasteiger partial charge in [-0.25, -0.2) is 0 Å². The predicted octanol–water partition coefficient (Wildman–Crippen LogP) is 2.95. The lowest BCUT2D eigenvalue weighted by Crippen LogP contribution is -2.32. The molecule has 0 spiro atoms. The number of amides is 1. The number of hydrogen-bond donors (Lipinski definition) is 1. The number of carbonyl (C=O) groups is 2. The van der Waals surface area contributed by atoms with Gasteiger partial charge in [-0.1, -0.05) is 24.3 Å². The van der Waals surface area contributed by atoms with Crippen molar-refractivity contribution in [1.82, 2.24) is 19.4 Å². The Labute approximate surface area is 181 Å². The molecule has 4 rings (SSSR count). The van der Waals surface area contributed by atoms with Crippen LogP contribution < -0.4 is 0 Å². The van der Waals surface area contributed by atoms with Crippen LogP contribution in [0.5, 0.6) is 0 Å². The molecule has 0 radical (unpaired) electrons. The molecule has 31 heavy (non-hydrogen) atoms. The van der Waals surface area contributed by atoms with Gasteiger partial charge in [0.2, 0.25) is 0 Å². The third kappa shape index (κ3) is 3.72. The minimum absolute atomic E-state index is 0.0879. The number of hydrogen-bond acceptors (Lipinski definition) is 5. The van der Waals surface area contributed by atoms with E-state index in [0.29, 0.717) is 24.2 Å². The second-order valence-electron chi connectivity index (χ2n) is 8.07. The van der Waals surface area contributed by atoms with E-state index in [0.717, 1.165) is 17.4 Å². The van der Waals surface area contributed by atoms with Gasteiger partial charge in [-0.3, -0.25) is 14.6 Å². The number of carbonyl (C=O) groups excluding carboxylic acids is 2. The van der Waals surface area contributed by atoms with E-state index < -0.39 is 17.7 Å². The van der Waals surface area contributed by atoms with Crippen LogP contribution in [0.15, 0.2) is 60.4 Å². The predicted molar refractivity (Wildman–Crippen MR) is 119 cm³/mol. The summed E-state index contributed by atoms with van der Waals surface area (Å²) < 4.78 is 1.90. The fourth-order valence-electron chi connectivity index (χ4n) is 4.19. The summed E-state index contributed by atoms with van der Waals surface area (Å²) in [5.41, 5.74) is 2.11. The Hall–Kier alpha value is -3.45. The van der Waals surface area contributed by atoms with Gasteiger partial charge in [-0.2, -0.15) is 0 Å². The maximum atomic E-state index is 13.1. The third-order valence-corrected chi connectivity index (χ3v) is 5.66. The fourth-order valence-corrected chi connectivity index (χ4v) is 4.19. The van der Waals surface area contributed by atoms with Gasteiger partial charge in [0.25, 0.3) is 11.7 Å². The zero-order valence-corrected chi connectivity index (χ0v) is 17.9. The third-order valence-electron chi connectivity index (χ3n) is 5.66. The van der Waals surface area contributed by atoms with Crippen molar-refractivity contribution in [2.45, 2.75) is 12.5 Å². The number of aliphatic hydroxyl groups is 1. The van der Waals surface area contributed by atoms with Crippen molar-refractivity contribution in [1.29, 1.82) is 0 Å². The van der Waals surface area contributed by atoms with Crippen LogP contribution in [-0.2, 0) is 16.6 Å². The van der Waals surface area contributed by atoms with Crippen LogP contribution in [-0.4, -0.2) is 63.3 Å². The zero-order chi connectivity index (χ0) is 22.1.